The van der Waals surface area contributed by atoms with E-state index >= 15 is 0 Å². The Balaban J connectivity index is 1.79. The van der Waals surface area contributed by atoms with E-state index in [1.54, 1.807) is 6.20 Å². The highest BCUT2D eigenvalue weighted by Gasteiger charge is 2.56. The Kier molecular flexibility index (Phi) is 2.18. The summed E-state index contributed by atoms with van der Waals surface area (Å²) < 4.78 is 5.67. The van der Waals surface area contributed by atoms with Crippen LogP contribution in [0.5, 0.6) is 5.75 Å². The third-order valence-corrected chi connectivity index (χ3v) is 3.60. The van der Waals surface area contributed by atoms with Crippen LogP contribution in [0, 0.1) is 5.41 Å². The zero-order chi connectivity index (χ0) is 11.2. The molecule has 16 heavy (non-hydrogen) atoms. The van der Waals surface area contributed by atoms with Crippen LogP contribution in [-0.4, -0.2) is 17.6 Å². The Labute approximate surface area is 96.2 Å². The molecule has 1 aromatic heterocycles. The van der Waals surface area contributed by atoms with Gasteiger partial charge in [-0.2, -0.15) is 0 Å². The molecule has 86 valence electrons. The molecule has 3 nitrogen and oxygen atoms in total. The number of hydrogen-bond donors (Lipinski definition) is 1. The van der Waals surface area contributed by atoms with Crippen LogP contribution in [0.3, 0.4) is 0 Å². The van der Waals surface area contributed by atoms with Crippen LogP contribution >= 0.6 is 0 Å². The summed E-state index contributed by atoms with van der Waals surface area (Å²) in [5.41, 5.74) is 1.85. The minimum absolute atomic E-state index is 0.210. The maximum Gasteiger partial charge on any atom is 0.138 e. The average molecular weight is 218 g/mol. The highest BCUT2D eigenvalue weighted by atomic mass is 16.5. The Hall–Kier alpha value is -1.09. The zero-order valence-corrected chi connectivity index (χ0v) is 9.86. The number of hydrogen-bond acceptors (Lipinski definition) is 3. The summed E-state index contributed by atoms with van der Waals surface area (Å²) in [5.74, 6) is 0.886. The summed E-state index contributed by atoms with van der Waals surface area (Å²) in [6.45, 7) is 5.25. The second-order valence-corrected chi connectivity index (χ2v) is 5.30. The third kappa shape index (κ3) is 1.59. The molecular formula is C13H18N2O. The topological polar surface area (TPSA) is 34.1 Å². The fraction of sp³-hybridized carbons (Fsp3) is 0.615. The molecule has 1 saturated carbocycles. The Morgan fingerprint density at radius 3 is 2.81 bits per heavy atom. The minimum Gasteiger partial charge on any atom is -0.489 e. The molecule has 2 aliphatic rings. The predicted octanol–water partition coefficient (Wildman–Crippen LogP) is 2.29. The molecule has 3 heteroatoms. The van der Waals surface area contributed by atoms with Crippen molar-refractivity contribution in [2.24, 2.45) is 5.41 Å². The maximum absolute atomic E-state index is 5.67. The first kappa shape index (κ1) is 10.1. The molecule has 2 fully saturated rings. The lowest BCUT2D eigenvalue weighted by atomic mass is 9.83. The molecule has 0 aromatic carbocycles. The molecule has 2 heterocycles. The predicted molar refractivity (Wildman–Crippen MR) is 62.4 cm³/mol. The van der Waals surface area contributed by atoms with Crippen molar-refractivity contribution in [2.75, 3.05) is 6.54 Å². The average Bonchev–Trinajstić information content (AvgIpc) is 2.96. The van der Waals surface area contributed by atoms with E-state index in [1.807, 2.05) is 20.0 Å². The summed E-state index contributed by atoms with van der Waals surface area (Å²) in [5, 5.41) is 3.50. The molecule has 3 rings (SSSR count). The van der Waals surface area contributed by atoms with Gasteiger partial charge in [-0.05, 0) is 38.3 Å². The van der Waals surface area contributed by atoms with Gasteiger partial charge in [0.25, 0.3) is 0 Å². The van der Waals surface area contributed by atoms with E-state index in [0.29, 0.717) is 11.5 Å². The first-order chi connectivity index (χ1) is 7.70. The van der Waals surface area contributed by atoms with Crippen LogP contribution in [0.1, 0.15) is 38.3 Å². The first-order valence-electron chi connectivity index (χ1n) is 6.05. The minimum atomic E-state index is 0.210. The number of pyridine rings is 1. The molecule has 0 amide bonds. The van der Waals surface area contributed by atoms with Gasteiger partial charge in [-0.1, -0.05) is 0 Å². The van der Waals surface area contributed by atoms with Crippen molar-refractivity contribution < 1.29 is 4.74 Å². The van der Waals surface area contributed by atoms with E-state index in [2.05, 4.69) is 16.4 Å². The molecule has 1 aliphatic heterocycles. The van der Waals surface area contributed by atoms with Crippen LogP contribution in [0.4, 0.5) is 0 Å². The molecule has 1 aromatic rings. The zero-order valence-electron chi connectivity index (χ0n) is 9.86. The van der Waals surface area contributed by atoms with Gasteiger partial charge >= 0.3 is 0 Å². The van der Waals surface area contributed by atoms with Gasteiger partial charge in [0, 0.05) is 24.2 Å². The second kappa shape index (κ2) is 3.45. The molecule has 1 atom stereocenters. The number of ether oxygens (including phenoxy) is 1. The SMILES string of the molecule is CC(C)Oc1cncc(C2NCC23CC3)c1. The van der Waals surface area contributed by atoms with E-state index in [4.69, 9.17) is 4.74 Å². The Morgan fingerprint density at radius 1 is 1.44 bits per heavy atom. The van der Waals surface area contributed by atoms with Crippen molar-refractivity contribution in [1.82, 2.24) is 10.3 Å². The fourth-order valence-electron chi connectivity index (χ4n) is 2.52. The van der Waals surface area contributed by atoms with Crippen molar-refractivity contribution in [3.63, 3.8) is 0 Å². The number of nitrogens with one attached hydrogen (secondary N) is 1. The normalized spacial score (nSPS) is 25.6. The summed E-state index contributed by atoms with van der Waals surface area (Å²) in [6.07, 6.45) is 6.69. The lowest BCUT2D eigenvalue weighted by Crippen LogP contribution is -2.47. The van der Waals surface area contributed by atoms with Gasteiger partial charge in [-0.25, -0.2) is 0 Å². The monoisotopic (exact) mass is 218 g/mol. The largest absolute Gasteiger partial charge is 0.489 e. The van der Waals surface area contributed by atoms with E-state index < -0.39 is 0 Å². The van der Waals surface area contributed by atoms with E-state index in [0.717, 1.165) is 5.75 Å². The van der Waals surface area contributed by atoms with Gasteiger partial charge < -0.3 is 10.1 Å². The molecule has 1 unspecified atom stereocenters. The van der Waals surface area contributed by atoms with Crippen molar-refractivity contribution in [3.8, 4) is 5.75 Å². The molecule has 0 radical (unpaired) electrons. The molecule has 1 spiro atoms. The van der Waals surface area contributed by atoms with Gasteiger partial charge in [0.2, 0.25) is 0 Å². The van der Waals surface area contributed by atoms with Gasteiger partial charge in [0.15, 0.2) is 0 Å². The van der Waals surface area contributed by atoms with Crippen LogP contribution in [0.2, 0.25) is 0 Å². The van der Waals surface area contributed by atoms with Crippen LogP contribution < -0.4 is 10.1 Å². The molecule has 0 bridgehead atoms. The number of rotatable bonds is 3. The highest BCUT2D eigenvalue weighted by molar-refractivity contribution is 5.32. The van der Waals surface area contributed by atoms with Crippen LogP contribution in [-0.2, 0) is 0 Å². The van der Waals surface area contributed by atoms with Crippen molar-refractivity contribution in [1.29, 1.82) is 0 Å². The lowest BCUT2D eigenvalue weighted by Gasteiger charge is -2.39. The molecule has 1 saturated heterocycles. The summed E-state index contributed by atoms with van der Waals surface area (Å²) in [7, 11) is 0. The van der Waals surface area contributed by atoms with Gasteiger partial charge in [-0.3, -0.25) is 4.98 Å². The number of nitrogens with zero attached hydrogens (tertiary/aromatic N) is 1. The van der Waals surface area contributed by atoms with E-state index in [-0.39, 0.29) is 6.10 Å². The van der Waals surface area contributed by atoms with Crippen molar-refractivity contribution in [2.45, 2.75) is 38.8 Å². The first-order valence-corrected chi connectivity index (χ1v) is 6.05. The fourth-order valence-corrected chi connectivity index (χ4v) is 2.52. The summed E-state index contributed by atoms with van der Waals surface area (Å²) in [4.78, 5) is 4.27. The second-order valence-electron chi connectivity index (χ2n) is 5.30. The molecule has 1 aliphatic carbocycles. The Morgan fingerprint density at radius 2 is 2.25 bits per heavy atom. The van der Waals surface area contributed by atoms with Crippen molar-refractivity contribution in [3.05, 3.63) is 24.0 Å². The van der Waals surface area contributed by atoms with Gasteiger partial charge in [0.05, 0.1) is 12.3 Å². The van der Waals surface area contributed by atoms with Gasteiger partial charge in [-0.15, -0.1) is 0 Å². The van der Waals surface area contributed by atoms with Crippen molar-refractivity contribution >= 4 is 0 Å². The summed E-state index contributed by atoms with van der Waals surface area (Å²) >= 11 is 0. The quantitative estimate of drug-likeness (QED) is 0.845. The number of aromatic nitrogens is 1. The van der Waals surface area contributed by atoms with Gasteiger partial charge in [0.1, 0.15) is 5.75 Å². The van der Waals surface area contributed by atoms with E-state index in [9.17, 15) is 0 Å². The Bertz CT molecular complexity index is 399. The lowest BCUT2D eigenvalue weighted by molar-refractivity contribution is 0.206. The maximum atomic E-state index is 5.67. The van der Waals surface area contributed by atoms with Crippen LogP contribution in [0.25, 0.3) is 0 Å². The van der Waals surface area contributed by atoms with E-state index in [1.165, 1.54) is 24.9 Å². The van der Waals surface area contributed by atoms with Crippen LogP contribution in [0.15, 0.2) is 18.5 Å². The molecule has 1 N–H and O–H groups in total. The highest BCUT2D eigenvalue weighted by Crippen LogP contribution is 2.59. The third-order valence-electron chi connectivity index (χ3n) is 3.60. The summed E-state index contributed by atoms with van der Waals surface area (Å²) in [6, 6.07) is 2.64. The standard InChI is InChI=1S/C13H18N2O/c1-9(2)16-11-5-10(6-14-7-11)12-13(3-4-13)8-15-12/h5-7,9,12,15H,3-4,8H2,1-2H3. The molecular weight excluding hydrogens is 200 g/mol. The smallest absolute Gasteiger partial charge is 0.138 e.